The first-order valence-electron chi connectivity index (χ1n) is 4.58. The summed E-state index contributed by atoms with van der Waals surface area (Å²) in [6.07, 6.45) is -5.35. The lowest BCUT2D eigenvalue weighted by Gasteiger charge is -2.23. The van der Waals surface area contributed by atoms with E-state index in [1.807, 2.05) is 0 Å². The Morgan fingerprint density at radius 3 is 2.06 bits per heavy atom. The standard InChI is InChI=1S/C9H11Cl2F3O2/c1-7(2)4(5(7)6(15)16)3-8(10,11)9(12,13)14/h4-5H,3H2,1-2H3,(H,15,16)/t4-,5+/m0/s1. The van der Waals surface area contributed by atoms with Crippen LogP contribution in [0.15, 0.2) is 0 Å². The third-order valence-corrected chi connectivity index (χ3v) is 3.94. The summed E-state index contributed by atoms with van der Waals surface area (Å²) in [7, 11) is 0. The van der Waals surface area contributed by atoms with Crippen LogP contribution in [0.25, 0.3) is 0 Å². The molecule has 0 bridgehead atoms. The van der Waals surface area contributed by atoms with Crippen molar-refractivity contribution in [1.82, 2.24) is 0 Å². The molecule has 0 radical (unpaired) electrons. The van der Waals surface area contributed by atoms with Gasteiger partial charge in [0, 0.05) is 0 Å². The molecule has 1 saturated carbocycles. The van der Waals surface area contributed by atoms with Crippen LogP contribution >= 0.6 is 23.2 Å². The van der Waals surface area contributed by atoms with Crippen LogP contribution in [0.2, 0.25) is 0 Å². The van der Waals surface area contributed by atoms with E-state index in [9.17, 15) is 18.0 Å². The van der Waals surface area contributed by atoms with Crippen molar-refractivity contribution in [2.75, 3.05) is 0 Å². The Bertz CT molecular complexity index is 312. The van der Waals surface area contributed by atoms with Gasteiger partial charge in [0.2, 0.25) is 4.33 Å². The van der Waals surface area contributed by atoms with Gasteiger partial charge in [-0.05, 0) is 17.8 Å². The molecule has 0 heterocycles. The Hall–Kier alpha value is -0.160. The molecule has 0 aromatic heterocycles. The molecule has 1 aliphatic rings. The minimum absolute atomic E-state index is 0.594. The number of carboxylic acid groups (broad SMARTS) is 1. The molecule has 1 fully saturated rings. The molecule has 0 aliphatic heterocycles. The van der Waals surface area contributed by atoms with E-state index in [1.165, 1.54) is 0 Å². The van der Waals surface area contributed by atoms with E-state index in [4.69, 9.17) is 28.3 Å². The molecular weight excluding hydrogens is 268 g/mol. The number of carbonyl (C=O) groups is 1. The minimum atomic E-state index is -4.75. The summed E-state index contributed by atoms with van der Waals surface area (Å²) in [5.74, 6) is -2.57. The van der Waals surface area contributed by atoms with E-state index < -0.39 is 40.2 Å². The van der Waals surface area contributed by atoms with Crippen molar-refractivity contribution < 1.29 is 23.1 Å². The van der Waals surface area contributed by atoms with Crippen LogP contribution in [-0.4, -0.2) is 21.6 Å². The van der Waals surface area contributed by atoms with Gasteiger partial charge in [0.05, 0.1) is 5.92 Å². The molecule has 0 amide bonds. The Morgan fingerprint density at radius 1 is 1.38 bits per heavy atom. The van der Waals surface area contributed by atoms with Gasteiger partial charge in [0.1, 0.15) is 0 Å². The van der Waals surface area contributed by atoms with Gasteiger partial charge in [-0.1, -0.05) is 37.0 Å². The van der Waals surface area contributed by atoms with Crippen molar-refractivity contribution in [3.8, 4) is 0 Å². The quantitative estimate of drug-likeness (QED) is 0.803. The number of halogens is 5. The summed E-state index contributed by atoms with van der Waals surface area (Å²) in [5, 5.41) is 8.79. The lowest BCUT2D eigenvalue weighted by Crippen LogP contribution is -2.35. The monoisotopic (exact) mass is 278 g/mol. The molecule has 16 heavy (non-hydrogen) atoms. The van der Waals surface area contributed by atoms with Crippen molar-refractivity contribution in [3.63, 3.8) is 0 Å². The highest BCUT2D eigenvalue weighted by Gasteiger charge is 2.66. The second kappa shape index (κ2) is 3.67. The van der Waals surface area contributed by atoms with Crippen molar-refractivity contribution in [3.05, 3.63) is 0 Å². The van der Waals surface area contributed by atoms with E-state index in [1.54, 1.807) is 13.8 Å². The molecule has 0 unspecified atom stereocenters. The number of rotatable bonds is 3. The van der Waals surface area contributed by atoms with Crippen LogP contribution in [0.4, 0.5) is 13.2 Å². The topological polar surface area (TPSA) is 37.3 Å². The van der Waals surface area contributed by atoms with Gasteiger partial charge >= 0.3 is 12.1 Å². The van der Waals surface area contributed by atoms with Gasteiger partial charge in [0.25, 0.3) is 0 Å². The summed E-state index contributed by atoms with van der Waals surface area (Å²) in [6.45, 7) is 3.19. The average Bonchev–Trinajstić information content (AvgIpc) is 2.49. The Kier molecular flexibility index (Phi) is 3.19. The van der Waals surface area contributed by atoms with Gasteiger partial charge in [-0.2, -0.15) is 13.2 Å². The molecule has 0 aromatic carbocycles. The number of hydrogen-bond donors (Lipinski definition) is 1. The second-order valence-electron chi connectivity index (χ2n) is 4.65. The maximum Gasteiger partial charge on any atom is 0.421 e. The highest BCUT2D eigenvalue weighted by Crippen LogP contribution is 2.63. The lowest BCUT2D eigenvalue weighted by molar-refractivity contribution is -0.146. The van der Waals surface area contributed by atoms with E-state index in [-0.39, 0.29) is 0 Å². The highest BCUT2D eigenvalue weighted by molar-refractivity contribution is 6.49. The fourth-order valence-corrected chi connectivity index (χ4v) is 2.34. The number of aliphatic carboxylic acids is 1. The summed E-state index contributed by atoms with van der Waals surface area (Å²) in [5.41, 5.74) is -0.688. The van der Waals surface area contributed by atoms with Gasteiger partial charge < -0.3 is 5.11 Å². The Balaban J connectivity index is 2.75. The van der Waals surface area contributed by atoms with Gasteiger partial charge in [0.15, 0.2) is 0 Å². The SMILES string of the molecule is CC1(C)[C@@H](CC(Cl)(Cl)C(F)(F)F)[C@@H]1C(=O)O. The van der Waals surface area contributed by atoms with Crippen LogP contribution in [-0.2, 0) is 4.79 Å². The van der Waals surface area contributed by atoms with Crippen LogP contribution in [0, 0.1) is 17.3 Å². The van der Waals surface area contributed by atoms with Gasteiger partial charge in [-0.3, -0.25) is 4.79 Å². The molecule has 0 spiro atoms. The lowest BCUT2D eigenvalue weighted by atomic mass is 10.1. The van der Waals surface area contributed by atoms with E-state index in [0.29, 0.717) is 0 Å². The molecule has 7 heteroatoms. The number of hydrogen-bond acceptors (Lipinski definition) is 1. The molecule has 1 rings (SSSR count). The molecular formula is C9H11Cl2F3O2. The Morgan fingerprint density at radius 2 is 1.81 bits per heavy atom. The van der Waals surface area contributed by atoms with Gasteiger partial charge in [-0.25, -0.2) is 0 Å². The van der Waals surface area contributed by atoms with Crippen LogP contribution < -0.4 is 0 Å². The smallest absolute Gasteiger partial charge is 0.421 e. The maximum atomic E-state index is 12.4. The summed E-state index contributed by atoms with van der Waals surface area (Å²) in [6, 6.07) is 0. The fourth-order valence-electron chi connectivity index (χ4n) is 2.01. The molecule has 2 atom stereocenters. The Labute approximate surface area is 101 Å². The van der Waals surface area contributed by atoms with E-state index in [2.05, 4.69) is 0 Å². The molecule has 1 N–H and O–H groups in total. The van der Waals surface area contributed by atoms with Crippen molar-refractivity contribution in [2.24, 2.45) is 17.3 Å². The van der Waals surface area contributed by atoms with Crippen molar-refractivity contribution >= 4 is 29.2 Å². The highest BCUT2D eigenvalue weighted by atomic mass is 35.5. The van der Waals surface area contributed by atoms with Crippen molar-refractivity contribution in [1.29, 1.82) is 0 Å². The first-order chi connectivity index (χ1) is 6.91. The predicted molar refractivity (Wildman–Crippen MR) is 53.5 cm³/mol. The molecule has 94 valence electrons. The first-order valence-corrected chi connectivity index (χ1v) is 5.34. The third kappa shape index (κ3) is 2.25. The summed E-state index contributed by atoms with van der Waals surface area (Å²) in [4.78, 5) is 10.8. The average molecular weight is 279 g/mol. The zero-order valence-electron chi connectivity index (χ0n) is 8.61. The van der Waals surface area contributed by atoms with Crippen molar-refractivity contribution in [2.45, 2.75) is 30.8 Å². The molecule has 2 nitrogen and oxygen atoms in total. The van der Waals surface area contributed by atoms with Gasteiger partial charge in [-0.15, -0.1) is 0 Å². The molecule has 1 aliphatic carbocycles. The summed E-state index contributed by atoms with van der Waals surface area (Å²) < 4.78 is 34.3. The van der Waals surface area contributed by atoms with Crippen LogP contribution in [0.1, 0.15) is 20.3 Å². The largest absolute Gasteiger partial charge is 0.481 e. The summed E-state index contributed by atoms with van der Waals surface area (Å²) >= 11 is 10.4. The molecule has 0 aromatic rings. The second-order valence-corrected chi connectivity index (χ2v) is 6.13. The maximum absolute atomic E-state index is 12.4. The number of carboxylic acids is 1. The third-order valence-electron chi connectivity index (χ3n) is 3.21. The fraction of sp³-hybridized carbons (Fsp3) is 0.889. The predicted octanol–water partition coefficient (Wildman–Crippen LogP) is 3.47. The van der Waals surface area contributed by atoms with Crippen LogP contribution in [0.3, 0.4) is 0 Å². The minimum Gasteiger partial charge on any atom is -0.481 e. The number of alkyl halides is 5. The zero-order valence-corrected chi connectivity index (χ0v) is 10.1. The zero-order chi connectivity index (χ0) is 12.9. The first kappa shape index (κ1) is 13.9. The van der Waals surface area contributed by atoms with E-state index >= 15 is 0 Å². The van der Waals surface area contributed by atoms with Crippen LogP contribution in [0.5, 0.6) is 0 Å². The normalized spacial score (nSPS) is 28.9. The molecule has 0 saturated heterocycles. The van der Waals surface area contributed by atoms with E-state index in [0.717, 1.165) is 0 Å².